The highest BCUT2D eigenvalue weighted by molar-refractivity contribution is 5.67. The van der Waals surface area contributed by atoms with E-state index in [0.29, 0.717) is 5.92 Å². The summed E-state index contributed by atoms with van der Waals surface area (Å²) in [6, 6.07) is 0.0468. The second-order valence-corrected chi connectivity index (χ2v) is 5.02. The van der Waals surface area contributed by atoms with Gasteiger partial charge in [-0.2, -0.15) is 0 Å². The number of aliphatic carboxylic acids is 1. The molecule has 0 spiro atoms. The second-order valence-electron chi connectivity index (χ2n) is 5.02. The average Bonchev–Trinajstić information content (AvgIpc) is 1.99. The SMILES string of the molecule is CC(CC(=O)O)NCC(C)(C)C(C)C. The summed E-state index contributed by atoms with van der Waals surface area (Å²) in [5, 5.41) is 11.8. The van der Waals surface area contributed by atoms with Crippen LogP contribution in [0.4, 0.5) is 0 Å². The van der Waals surface area contributed by atoms with E-state index in [1.165, 1.54) is 0 Å². The van der Waals surface area contributed by atoms with Gasteiger partial charge in [0.15, 0.2) is 0 Å². The van der Waals surface area contributed by atoms with Crippen molar-refractivity contribution in [3.8, 4) is 0 Å². The largest absolute Gasteiger partial charge is 0.481 e. The summed E-state index contributed by atoms with van der Waals surface area (Å²) in [4.78, 5) is 10.4. The molecule has 0 aromatic rings. The van der Waals surface area contributed by atoms with Crippen LogP contribution in [0.25, 0.3) is 0 Å². The van der Waals surface area contributed by atoms with Crippen LogP contribution in [0.3, 0.4) is 0 Å². The van der Waals surface area contributed by atoms with Gasteiger partial charge in [0.2, 0.25) is 0 Å². The minimum Gasteiger partial charge on any atom is -0.481 e. The van der Waals surface area contributed by atoms with Crippen molar-refractivity contribution < 1.29 is 9.90 Å². The smallest absolute Gasteiger partial charge is 0.304 e. The number of nitrogens with one attached hydrogen (secondary N) is 1. The van der Waals surface area contributed by atoms with Crippen molar-refractivity contribution in [2.24, 2.45) is 11.3 Å². The van der Waals surface area contributed by atoms with Gasteiger partial charge in [0, 0.05) is 12.6 Å². The summed E-state index contributed by atoms with van der Waals surface area (Å²) >= 11 is 0. The second kappa shape index (κ2) is 5.35. The Hall–Kier alpha value is -0.570. The van der Waals surface area contributed by atoms with Crippen molar-refractivity contribution >= 4 is 5.97 Å². The van der Waals surface area contributed by atoms with Crippen LogP contribution in [-0.4, -0.2) is 23.7 Å². The maximum atomic E-state index is 10.4. The molecule has 1 unspecified atom stereocenters. The minimum absolute atomic E-state index is 0.0468. The Bertz CT molecular complexity index is 188. The number of carboxylic acids is 1. The number of hydrogen-bond donors (Lipinski definition) is 2. The predicted molar refractivity (Wildman–Crippen MR) is 58.3 cm³/mol. The normalized spacial score (nSPS) is 14.4. The summed E-state index contributed by atoms with van der Waals surface area (Å²) in [5.74, 6) is -0.153. The Balaban J connectivity index is 3.87. The van der Waals surface area contributed by atoms with Gasteiger partial charge in [0.05, 0.1) is 6.42 Å². The van der Waals surface area contributed by atoms with Crippen LogP contribution in [0.5, 0.6) is 0 Å². The molecule has 0 radical (unpaired) electrons. The van der Waals surface area contributed by atoms with Gasteiger partial charge >= 0.3 is 5.97 Å². The van der Waals surface area contributed by atoms with Gasteiger partial charge in [0.25, 0.3) is 0 Å². The Labute approximate surface area is 86.9 Å². The Kier molecular flexibility index (Phi) is 5.13. The highest BCUT2D eigenvalue weighted by atomic mass is 16.4. The number of hydrogen-bond acceptors (Lipinski definition) is 2. The first-order chi connectivity index (χ1) is 6.25. The molecular weight excluding hydrogens is 178 g/mol. The third kappa shape index (κ3) is 5.22. The molecule has 0 amide bonds. The lowest BCUT2D eigenvalue weighted by molar-refractivity contribution is -0.137. The molecule has 0 saturated heterocycles. The van der Waals surface area contributed by atoms with Crippen LogP contribution in [0, 0.1) is 11.3 Å². The van der Waals surface area contributed by atoms with Gasteiger partial charge in [-0.1, -0.05) is 27.7 Å². The van der Waals surface area contributed by atoms with Crippen molar-refractivity contribution in [2.45, 2.75) is 47.1 Å². The van der Waals surface area contributed by atoms with Gasteiger partial charge in [-0.3, -0.25) is 4.79 Å². The highest BCUT2D eigenvalue weighted by Crippen LogP contribution is 2.24. The van der Waals surface area contributed by atoms with E-state index in [9.17, 15) is 4.79 Å². The first kappa shape index (κ1) is 13.4. The predicted octanol–water partition coefficient (Wildman–Crippen LogP) is 2.12. The quantitative estimate of drug-likeness (QED) is 0.692. The molecule has 0 rings (SSSR count). The molecule has 0 aliphatic heterocycles. The zero-order valence-electron chi connectivity index (χ0n) is 9.92. The third-order valence-electron chi connectivity index (χ3n) is 2.95. The van der Waals surface area contributed by atoms with Gasteiger partial charge in [0.1, 0.15) is 0 Å². The topological polar surface area (TPSA) is 49.3 Å². The van der Waals surface area contributed by atoms with Crippen LogP contribution in [0.15, 0.2) is 0 Å². The maximum Gasteiger partial charge on any atom is 0.304 e. The first-order valence-corrected chi connectivity index (χ1v) is 5.21. The molecule has 2 N–H and O–H groups in total. The van der Waals surface area contributed by atoms with Gasteiger partial charge < -0.3 is 10.4 Å². The fourth-order valence-corrected chi connectivity index (χ4v) is 0.976. The molecule has 0 bridgehead atoms. The Morgan fingerprint density at radius 2 is 1.86 bits per heavy atom. The molecular formula is C11H23NO2. The van der Waals surface area contributed by atoms with Crippen LogP contribution in [0.1, 0.15) is 41.0 Å². The Morgan fingerprint density at radius 3 is 2.21 bits per heavy atom. The molecule has 14 heavy (non-hydrogen) atoms. The fourth-order valence-electron chi connectivity index (χ4n) is 0.976. The van der Waals surface area contributed by atoms with E-state index in [2.05, 4.69) is 33.0 Å². The van der Waals surface area contributed by atoms with E-state index in [4.69, 9.17) is 5.11 Å². The van der Waals surface area contributed by atoms with Crippen LogP contribution in [0.2, 0.25) is 0 Å². The van der Waals surface area contributed by atoms with Crippen LogP contribution >= 0.6 is 0 Å². The molecule has 0 aromatic carbocycles. The fraction of sp³-hybridized carbons (Fsp3) is 0.909. The number of carboxylic acid groups (broad SMARTS) is 1. The molecule has 3 nitrogen and oxygen atoms in total. The van der Waals surface area contributed by atoms with E-state index >= 15 is 0 Å². The summed E-state index contributed by atoms with van der Waals surface area (Å²) in [6.07, 6.45) is 0.189. The zero-order chi connectivity index (χ0) is 11.4. The van der Waals surface area contributed by atoms with Crippen molar-refractivity contribution in [1.82, 2.24) is 5.32 Å². The minimum atomic E-state index is -0.743. The zero-order valence-corrected chi connectivity index (χ0v) is 9.92. The molecule has 0 aliphatic rings. The Morgan fingerprint density at radius 1 is 1.36 bits per heavy atom. The molecule has 1 atom stereocenters. The molecule has 0 aromatic heterocycles. The molecule has 0 aliphatic carbocycles. The van der Waals surface area contributed by atoms with E-state index < -0.39 is 5.97 Å². The maximum absolute atomic E-state index is 10.4. The lowest BCUT2D eigenvalue weighted by atomic mass is 9.81. The summed E-state index contributed by atoms with van der Waals surface area (Å²) in [7, 11) is 0. The third-order valence-corrected chi connectivity index (χ3v) is 2.95. The van der Waals surface area contributed by atoms with Crippen molar-refractivity contribution in [3.05, 3.63) is 0 Å². The molecule has 3 heteroatoms. The molecule has 0 fully saturated rings. The van der Waals surface area contributed by atoms with E-state index in [0.717, 1.165) is 6.54 Å². The van der Waals surface area contributed by atoms with Crippen LogP contribution in [-0.2, 0) is 4.79 Å². The highest BCUT2D eigenvalue weighted by Gasteiger charge is 2.22. The molecule has 84 valence electrons. The van der Waals surface area contributed by atoms with Crippen molar-refractivity contribution in [3.63, 3.8) is 0 Å². The van der Waals surface area contributed by atoms with Gasteiger partial charge in [-0.25, -0.2) is 0 Å². The summed E-state index contributed by atoms with van der Waals surface area (Å²) in [5.41, 5.74) is 0.215. The monoisotopic (exact) mass is 201 g/mol. The first-order valence-electron chi connectivity index (χ1n) is 5.21. The lowest BCUT2D eigenvalue weighted by Gasteiger charge is -2.30. The van der Waals surface area contributed by atoms with Crippen molar-refractivity contribution in [1.29, 1.82) is 0 Å². The average molecular weight is 201 g/mol. The van der Waals surface area contributed by atoms with Crippen LogP contribution < -0.4 is 5.32 Å². The van der Waals surface area contributed by atoms with E-state index in [1.807, 2.05) is 6.92 Å². The van der Waals surface area contributed by atoms with E-state index in [-0.39, 0.29) is 17.9 Å². The summed E-state index contributed by atoms with van der Waals surface area (Å²) in [6.45, 7) is 11.5. The van der Waals surface area contributed by atoms with Gasteiger partial charge in [-0.05, 0) is 18.3 Å². The number of carbonyl (C=O) groups is 1. The van der Waals surface area contributed by atoms with Gasteiger partial charge in [-0.15, -0.1) is 0 Å². The molecule has 0 heterocycles. The summed E-state index contributed by atoms with van der Waals surface area (Å²) < 4.78 is 0. The van der Waals surface area contributed by atoms with E-state index in [1.54, 1.807) is 0 Å². The number of rotatable bonds is 6. The molecule has 0 saturated carbocycles. The van der Waals surface area contributed by atoms with Crippen molar-refractivity contribution in [2.75, 3.05) is 6.54 Å². The lowest BCUT2D eigenvalue weighted by Crippen LogP contribution is -2.39. The standard InChI is InChI=1S/C11H23NO2/c1-8(2)11(4,5)7-12-9(3)6-10(13)14/h8-9,12H,6-7H2,1-5H3,(H,13,14).